The van der Waals surface area contributed by atoms with Crippen molar-refractivity contribution in [2.24, 2.45) is 5.92 Å². The van der Waals surface area contributed by atoms with Crippen molar-refractivity contribution in [3.63, 3.8) is 0 Å². The summed E-state index contributed by atoms with van der Waals surface area (Å²) in [6, 6.07) is 0.0771. The van der Waals surface area contributed by atoms with E-state index in [1.54, 1.807) is 6.92 Å². The van der Waals surface area contributed by atoms with Gasteiger partial charge in [-0.3, -0.25) is 9.59 Å². The Morgan fingerprint density at radius 3 is 2.48 bits per heavy atom. The van der Waals surface area contributed by atoms with Gasteiger partial charge in [-0.05, 0) is 26.8 Å². The van der Waals surface area contributed by atoms with Crippen LogP contribution in [0.4, 0.5) is 0 Å². The highest BCUT2D eigenvalue weighted by atomic mass is 16.5. The topological polar surface area (TPSA) is 61.9 Å². The molecule has 0 spiro atoms. The lowest BCUT2D eigenvalue weighted by Crippen LogP contribution is -2.48. The molecule has 0 aliphatic carbocycles. The van der Waals surface area contributed by atoms with Crippen LogP contribution in [-0.2, 0) is 14.3 Å². The molecule has 2 aliphatic rings. The maximum absolute atomic E-state index is 12.4. The second-order valence-corrected chi connectivity index (χ2v) is 6.11. The van der Waals surface area contributed by atoms with Gasteiger partial charge in [-0.2, -0.15) is 0 Å². The third-order valence-electron chi connectivity index (χ3n) is 4.47. The summed E-state index contributed by atoms with van der Waals surface area (Å²) in [5.74, 6) is 0.236. The van der Waals surface area contributed by atoms with Crippen LogP contribution in [0.15, 0.2) is 0 Å². The highest BCUT2D eigenvalue weighted by Gasteiger charge is 2.34. The van der Waals surface area contributed by atoms with Crippen LogP contribution in [0, 0.1) is 5.92 Å². The SMILES string of the molecule is CCO[C@H]1CN(C)C[C@@H]1NC(=O)C1CCN(C(C)=O)CC1. The molecule has 2 rings (SSSR count). The molecule has 0 aromatic carbocycles. The van der Waals surface area contributed by atoms with Gasteiger partial charge in [-0.1, -0.05) is 0 Å². The molecule has 6 heteroatoms. The lowest BCUT2D eigenvalue weighted by Gasteiger charge is -2.31. The van der Waals surface area contributed by atoms with Gasteiger partial charge >= 0.3 is 0 Å². The molecule has 1 N–H and O–H groups in total. The van der Waals surface area contributed by atoms with Crippen LogP contribution in [0.5, 0.6) is 0 Å². The van der Waals surface area contributed by atoms with Crippen LogP contribution in [-0.4, -0.2) is 73.6 Å². The number of hydrogen-bond donors (Lipinski definition) is 1. The molecular weight excluding hydrogens is 270 g/mol. The largest absolute Gasteiger partial charge is 0.375 e. The fraction of sp³-hybridized carbons (Fsp3) is 0.867. The smallest absolute Gasteiger partial charge is 0.223 e. The van der Waals surface area contributed by atoms with Crippen molar-refractivity contribution in [1.82, 2.24) is 15.1 Å². The fourth-order valence-corrected chi connectivity index (χ4v) is 3.24. The van der Waals surface area contributed by atoms with Crippen molar-refractivity contribution < 1.29 is 14.3 Å². The van der Waals surface area contributed by atoms with Gasteiger partial charge in [-0.25, -0.2) is 0 Å². The van der Waals surface area contributed by atoms with Gasteiger partial charge < -0.3 is 19.9 Å². The number of carbonyl (C=O) groups is 2. The maximum atomic E-state index is 12.4. The standard InChI is InChI=1S/C15H27N3O3/c1-4-21-14-10-17(3)9-13(14)16-15(20)12-5-7-18(8-6-12)11(2)19/h12-14H,4-10H2,1-3H3,(H,16,20)/t13-,14-/m0/s1. The summed E-state index contributed by atoms with van der Waals surface area (Å²) in [6.07, 6.45) is 1.60. The van der Waals surface area contributed by atoms with Crippen molar-refractivity contribution in [1.29, 1.82) is 0 Å². The maximum Gasteiger partial charge on any atom is 0.223 e. The Hall–Kier alpha value is -1.14. The van der Waals surface area contributed by atoms with Crippen molar-refractivity contribution >= 4 is 11.8 Å². The Morgan fingerprint density at radius 1 is 1.24 bits per heavy atom. The van der Waals surface area contributed by atoms with Crippen molar-refractivity contribution in [2.45, 2.75) is 38.8 Å². The van der Waals surface area contributed by atoms with E-state index in [2.05, 4.69) is 10.2 Å². The Kier molecular flexibility index (Phi) is 5.58. The molecular formula is C15H27N3O3. The van der Waals surface area contributed by atoms with Crippen molar-refractivity contribution in [2.75, 3.05) is 39.8 Å². The molecule has 0 saturated carbocycles. The fourth-order valence-electron chi connectivity index (χ4n) is 3.24. The lowest BCUT2D eigenvalue weighted by atomic mass is 9.95. The van der Waals surface area contributed by atoms with Gasteiger partial charge in [-0.15, -0.1) is 0 Å². The van der Waals surface area contributed by atoms with E-state index in [0.29, 0.717) is 19.7 Å². The first-order valence-electron chi connectivity index (χ1n) is 7.87. The highest BCUT2D eigenvalue weighted by molar-refractivity contribution is 5.80. The molecule has 2 atom stereocenters. The Labute approximate surface area is 126 Å². The van der Waals surface area contributed by atoms with Gasteiger partial charge in [0, 0.05) is 45.6 Å². The molecule has 21 heavy (non-hydrogen) atoms. The predicted octanol–water partition coefficient (Wildman–Crippen LogP) is 0.0802. The Balaban J connectivity index is 1.83. The van der Waals surface area contributed by atoms with Crippen molar-refractivity contribution in [3.8, 4) is 0 Å². The molecule has 2 fully saturated rings. The number of carbonyl (C=O) groups excluding carboxylic acids is 2. The normalized spacial score (nSPS) is 27.9. The summed E-state index contributed by atoms with van der Waals surface area (Å²) in [5, 5.41) is 3.15. The first-order valence-corrected chi connectivity index (χ1v) is 7.87. The molecule has 2 heterocycles. The molecule has 2 aliphatic heterocycles. The molecule has 0 unspecified atom stereocenters. The lowest BCUT2D eigenvalue weighted by molar-refractivity contribution is -0.134. The van der Waals surface area contributed by atoms with Crippen LogP contribution in [0.1, 0.15) is 26.7 Å². The number of piperidine rings is 1. The minimum Gasteiger partial charge on any atom is -0.375 e. The first-order chi connectivity index (χ1) is 10.0. The van der Waals surface area contributed by atoms with E-state index < -0.39 is 0 Å². The quantitative estimate of drug-likeness (QED) is 0.798. The van der Waals surface area contributed by atoms with Crippen LogP contribution in [0.25, 0.3) is 0 Å². The molecule has 2 saturated heterocycles. The van der Waals surface area contributed by atoms with Crippen LogP contribution >= 0.6 is 0 Å². The summed E-state index contributed by atoms with van der Waals surface area (Å²) < 4.78 is 5.71. The number of hydrogen-bond acceptors (Lipinski definition) is 4. The molecule has 0 bridgehead atoms. The van der Waals surface area contributed by atoms with Gasteiger partial charge in [0.05, 0.1) is 12.1 Å². The van der Waals surface area contributed by atoms with E-state index >= 15 is 0 Å². The van der Waals surface area contributed by atoms with Crippen molar-refractivity contribution in [3.05, 3.63) is 0 Å². The van der Waals surface area contributed by atoms with Crippen LogP contribution in [0.3, 0.4) is 0 Å². The second kappa shape index (κ2) is 7.22. The van der Waals surface area contributed by atoms with Crippen LogP contribution in [0.2, 0.25) is 0 Å². The zero-order chi connectivity index (χ0) is 15.4. The Bertz CT molecular complexity index is 380. The van der Waals surface area contributed by atoms with Crippen LogP contribution < -0.4 is 5.32 Å². The number of rotatable bonds is 4. The summed E-state index contributed by atoms with van der Waals surface area (Å²) in [7, 11) is 2.05. The number of likely N-dealkylation sites (tertiary alicyclic amines) is 2. The number of amides is 2. The number of nitrogens with one attached hydrogen (secondary N) is 1. The summed E-state index contributed by atoms with van der Waals surface area (Å²) in [5.41, 5.74) is 0. The molecule has 120 valence electrons. The molecule has 2 amide bonds. The summed E-state index contributed by atoms with van der Waals surface area (Å²) in [4.78, 5) is 27.7. The minimum atomic E-state index is 0.0220. The van der Waals surface area contributed by atoms with E-state index in [4.69, 9.17) is 4.74 Å². The zero-order valence-corrected chi connectivity index (χ0v) is 13.3. The van der Waals surface area contributed by atoms with Gasteiger partial charge in [0.25, 0.3) is 0 Å². The highest BCUT2D eigenvalue weighted by Crippen LogP contribution is 2.19. The van der Waals surface area contributed by atoms with E-state index in [1.165, 1.54) is 0 Å². The second-order valence-electron chi connectivity index (χ2n) is 6.11. The summed E-state index contributed by atoms with van der Waals surface area (Å²) >= 11 is 0. The molecule has 0 aromatic rings. The number of ether oxygens (including phenoxy) is 1. The monoisotopic (exact) mass is 297 g/mol. The van der Waals surface area contributed by atoms with E-state index in [9.17, 15) is 9.59 Å². The third-order valence-corrected chi connectivity index (χ3v) is 4.47. The van der Waals surface area contributed by atoms with E-state index in [-0.39, 0.29) is 29.9 Å². The number of nitrogens with zero attached hydrogens (tertiary/aromatic N) is 2. The van der Waals surface area contributed by atoms with Gasteiger partial charge in [0.1, 0.15) is 0 Å². The first kappa shape index (κ1) is 16.2. The minimum absolute atomic E-state index is 0.0220. The molecule has 0 radical (unpaired) electrons. The predicted molar refractivity (Wildman–Crippen MR) is 79.8 cm³/mol. The Morgan fingerprint density at radius 2 is 1.90 bits per heavy atom. The zero-order valence-electron chi connectivity index (χ0n) is 13.3. The number of likely N-dealkylation sites (N-methyl/N-ethyl adjacent to an activating group) is 1. The average molecular weight is 297 g/mol. The molecule has 6 nitrogen and oxygen atoms in total. The average Bonchev–Trinajstić information content (AvgIpc) is 2.79. The van der Waals surface area contributed by atoms with E-state index in [0.717, 1.165) is 25.9 Å². The van der Waals surface area contributed by atoms with E-state index in [1.807, 2.05) is 18.9 Å². The van der Waals surface area contributed by atoms with Gasteiger partial charge in [0.15, 0.2) is 0 Å². The summed E-state index contributed by atoms with van der Waals surface area (Å²) in [6.45, 7) is 7.31. The van der Waals surface area contributed by atoms with Gasteiger partial charge in [0.2, 0.25) is 11.8 Å². The third kappa shape index (κ3) is 4.17. The molecule has 0 aromatic heterocycles.